The summed E-state index contributed by atoms with van der Waals surface area (Å²) in [5.74, 6) is 0.425. The van der Waals surface area contributed by atoms with Gasteiger partial charge in [0.05, 0.1) is 17.8 Å². The molecule has 3 aromatic rings. The first-order chi connectivity index (χ1) is 19.3. The van der Waals surface area contributed by atoms with Crippen molar-refractivity contribution in [3.05, 3.63) is 77.2 Å². The number of aryl methyl sites for hydroxylation is 1. The second-order valence-corrected chi connectivity index (χ2v) is 10.4. The SMILES string of the molecule is CC/C=C(/N=C\C=C(/C)c1cccc(-c2csc(NC(=O)CNC(=O)c3ccn(C)c3)n2)c1)N1CCC1.CCC. The van der Waals surface area contributed by atoms with Crippen molar-refractivity contribution < 1.29 is 9.59 Å². The fourth-order valence-electron chi connectivity index (χ4n) is 3.76. The molecule has 0 bridgehead atoms. The summed E-state index contributed by atoms with van der Waals surface area (Å²) in [6.07, 6.45) is 13.0. The Bertz CT molecular complexity index is 1360. The van der Waals surface area contributed by atoms with Crippen molar-refractivity contribution in [3.63, 3.8) is 0 Å². The minimum Gasteiger partial charge on any atom is -0.357 e. The van der Waals surface area contributed by atoms with Gasteiger partial charge < -0.3 is 20.1 Å². The van der Waals surface area contributed by atoms with Crippen molar-refractivity contribution >= 4 is 40.1 Å². The zero-order chi connectivity index (χ0) is 28.9. The summed E-state index contributed by atoms with van der Waals surface area (Å²) in [6.45, 7) is 10.5. The molecular formula is C31H40N6O2S. The maximum Gasteiger partial charge on any atom is 0.253 e. The second-order valence-electron chi connectivity index (χ2n) is 9.56. The molecule has 4 rings (SSSR count). The fourth-order valence-corrected chi connectivity index (χ4v) is 4.50. The minimum atomic E-state index is -0.327. The van der Waals surface area contributed by atoms with Crippen LogP contribution in [0, 0.1) is 0 Å². The van der Waals surface area contributed by atoms with Crippen molar-refractivity contribution in [3.8, 4) is 11.3 Å². The molecule has 1 aliphatic rings. The Morgan fingerprint density at radius 3 is 2.58 bits per heavy atom. The van der Waals surface area contributed by atoms with Crippen LogP contribution in [-0.4, -0.2) is 52.1 Å². The number of hydrogen-bond donors (Lipinski definition) is 2. The molecule has 0 aliphatic carbocycles. The Kier molecular flexibility index (Phi) is 11.9. The van der Waals surface area contributed by atoms with Crippen LogP contribution in [0.15, 0.2) is 71.1 Å². The van der Waals surface area contributed by atoms with Gasteiger partial charge in [0.1, 0.15) is 5.82 Å². The zero-order valence-electron chi connectivity index (χ0n) is 24.1. The van der Waals surface area contributed by atoms with Crippen LogP contribution in [0.5, 0.6) is 0 Å². The lowest BCUT2D eigenvalue weighted by atomic mass is 10.0. The van der Waals surface area contributed by atoms with E-state index in [1.807, 2.05) is 36.9 Å². The van der Waals surface area contributed by atoms with Crippen LogP contribution >= 0.6 is 11.3 Å². The number of nitrogens with one attached hydrogen (secondary N) is 2. The lowest BCUT2D eigenvalue weighted by molar-refractivity contribution is -0.115. The third-order valence-electron chi connectivity index (χ3n) is 5.97. The van der Waals surface area contributed by atoms with E-state index in [9.17, 15) is 9.59 Å². The van der Waals surface area contributed by atoms with Crippen LogP contribution in [0.1, 0.15) is 62.9 Å². The summed E-state index contributed by atoms with van der Waals surface area (Å²) in [6, 6.07) is 9.84. The van der Waals surface area contributed by atoms with Gasteiger partial charge >= 0.3 is 0 Å². The standard InChI is InChI=1S/C28H32N6O2S.C3H8/c1-4-7-25(34-13-6-14-34)29-12-10-20(2)21-8-5-9-22(16-21)24-19-37-28(31-24)32-26(35)17-30-27(36)23-11-15-33(3)18-23;1-3-2/h5,7-12,15-16,18-19H,4,6,13-14,17H2,1-3H3,(H,30,36)(H,31,32,35);3H2,1-2H3/b20-10+,25-7-,29-12-;. The van der Waals surface area contributed by atoms with Gasteiger partial charge in [-0.25, -0.2) is 9.98 Å². The topological polar surface area (TPSA) is 91.6 Å². The van der Waals surface area contributed by atoms with Gasteiger partial charge in [-0.2, -0.15) is 0 Å². The number of thiazole rings is 1. The Balaban J connectivity index is 0.00000141. The van der Waals surface area contributed by atoms with E-state index in [1.165, 1.54) is 24.2 Å². The van der Waals surface area contributed by atoms with E-state index in [4.69, 9.17) is 0 Å². The van der Waals surface area contributed by atoms with Crippen molar-refractivity contribution in [1.29, 1.82) is 0 Å². The largest absolute Gasteiger partial charge is 0.357 e. The van der Waals surface area contributed by atoms with Crippen molar-refractivity contribution in [2.24, 2.45) is 12.0 Å². The summed E-state index contributed by atoms with van der Waals surface area (Å²) in [7, 11) is 1.83. The van der Waals surface area contributed by atoms with Crippen molar-refractivity contribution in [2.75, 3.05) is 25.0 Å². The molecule has 1 saturated heterocycles. The maximum atomic E-state index is 12.3. The molecule has 1 aliphatic heterocycles. The summed E-state index contributed by atoms with van der Waals surface area (Å²) in [5.41, 5.74) is 4.43. The van der Waals surface area contributed by atoms with Crippen LogP contribution in [-0.2, 0) is 11.8 Å². The second kappa shape index (κ2) is 15.6. The molecular weight excluding hydrogens is 520 g/mol. The zero-order valence-corrected chi connectivity index (χ0v) is 24.9. The van der Waals surface area contributed by atoms with Gasteiger partial charge in [-0.3, -0.25) is 9.59 Å². The number of anilines is 1. The average Bonchev–Trinajstić information content (AvgIpc) is 3.56. The number of carbonyl (C=O) groups excluding carboxylic acids is 2. The number of allylic oxidation sites excluding steroid dienone is 3. The molecule has 0 spiro atoms. The monoisotopic (exact) mass is 560 g/mol. The van der Waals surface area contributed by atoms with E-state index < -0.39 is 0 Å². The summed E-state index contributed by atoms with van der Waals surface area (Å²) < 4.78 is 1.78. The Labute approximate surface area is 241 Å². The van der Waals surface area contributed by atoms with Gasteiger partial charge in [0, 0.05) is 49.7 Å². The highest BCUT2D eigenvalue weighted by atomic mass is 32.1. The van der Waals surface area contributed by atoms with Gasteiger partial charge in [0.2, 0.25) is 5.91 Å². The number of likely N-dealkylation sites (tertiary alicyclic amines) is 1. The molecule has 2 N–H and O–H groups in total. The molecule has 0 saturated carbocycles. The average molecular weight is 561 g/mol. The first-order valence-corrected chi connectivity index (χ1v) is 14.6. The number of aliphatic imine (C=N–C) groups is 1. The molecule has 1 aromatic carbocycles. The van der Waals surface area contributed by atoms with Crippen molar-refractivity contribution in [2.45, 2.75) is 47.0 Å². The van der Waals surface area contributed by atoms with Crippen LogP contribution < -0.4 is 10.6 Å². The smallest absolute Gasteiger partial charge is 0.253 e. The van der Waals surface area contributed by atoms with Gasteiger partial charge in [0.25, 0.3) is 5.91 Å². The number of amides is 2. The molecule has 9 heteroatoms. The molecule has 2 aromatic heterocycles. The summed E-state index contributed by atoms with van der Waals surface area (Å²) in [5, 5.41) is 7.78. The number of aromatic nitrogens is 2. The number of hydrogen-bond acceptors (Lipinski definition) is 6. The predicted octanol–water partition coefficient (Wildman–Crippen LogP) is 6.36. The molecule has 8 nitrogen and oxygen atoms in total. The summed E-state index contributed by atoms with van der Waals surface area (Å²) >= 11 is 1.35. The first kappa shape index (κ1) is 30.6. The van der Waals surface area contributed by atoms with E-state index in [2.05, 4.69) is 71.4 Å². The minimum absolute atomic E-state index is 0.128. The molecule has 40 heavy (non-hydrogen) atoms. The van der Waals surface area contributed by atoms with E-state index >= 15 is 0 Å². The Hall–Kier alpha value is -3.98. The van der Waals surface area contributed by atoms with Gasteiger partial charge in [-0.1, -0.05) is 45.4 Å². The normalized spacial score (nSPS) is 13.5. The van der Waals surface area contributed by atoms with Gasteiger partial charge in [-0.05, 0) is 55.2 Å². The van der Waals surface area contributed by atoms with E-state index in [1.54, 1.807) is 23.0 Å². The van der Waals surface area contributed by atoms with Crippen LogP contribution in [0.4, 0.5) is 5.13 Å². The van der Waals surface area contributed by atoms with Crippen molar-refractivity contribution in [1.82, 2.24) is 19.8 Å². The van der Waals surface area contributed by atoms with Crippen LogP contribution in [0.25, 0.3) is 16.8 Å². The lowest BCUT2D eigenvalue weighted by Gasteiger charge is -2.33. The molecule has 0 radical (unpaired) electrons. The Morgan fingerprint density at radius 1 is 1.15 bits per heavy atom. The van der Waals surface area contributed by atoms with Crippen LogP contribution in [0.3, 0.4) is 0 Å². The third-order valence-corrected chi connectivity index (χ3v) is 6.72. The predicted molar refractivity (Wildman–Crippen MR) is 167 cm³/mol. The molecule has 3 heterocycles. The maximum absolute atomic E-state index is 12.3. The van der Waals surface area contributed by atoms with Gasteiger partial charge in [-0.15, -0.1) is 11.3 Å². The molecule has 0 atom stereocenters. The number of benzene rings is 1. The number of nitrogens with zero attached hydrogens (tertiary/aromatic N) is 4. The number of carbonyl (C=O) groups is 2. The lowest BCUT2D eigenvalue weighted by Crippen LogP contribution is -2.35. The van der Waals surface area contributed by atoms with E-state index in [-0.39, 0.29) is 18.4 Å². The first-order valence-electron chi connectivity index (χ1n) is 13.8. The highest BCUT2D eigenvalue weighted by molar-refractivity contribution is 7.14. The van der Waals surface area contributed by atoms with E-state index in [0.29, 0.717) is 10.7 Å². The Morgan fingerprint density at radius 2 is 1.93 bits per heavy atom. The van der Waals surface area contributed by atoms with Crippen LogP contribution in [0.2, 0.25) is 0 Å². The number of rotatable bonds is 10. The highest BCUT2D eigenvalue weighted by Gasteiger charge is 2.15. The molecule has 2 amide bonds. The van der Waals surface area contributed by atoms with E-state index in [0.717, 1.165) is 47.7 Å². The van der Waals surface area contributed by atoms with Gasteiger partial charge in [0.15, 0.2) is 5.13 Å². The quantitative estimate of drug-likeness (QED) is 0.282. The molecule has 212 valence electrons. The third kappa shape index (κ3) is 9.05. The molecule has 1 fully saturated rings. The summed E-state index contributed by atoms with van der Waals surface area (Å²) in [4.78, 5) is 36.0. The molecule has 0 unspecified atom stereocenters. The fraction of sp³-hybridized carbons (Fsp3) is 0.355. The highest BCUT2D eigenvalue weighted by Crippen LogP contribution is 2.27.